The van der Waals surface area contributed by atoms with Gasteiger partial charge < -0.3 is 10.6 Å². The zero-order valence-electron chi connectivity index (χ0n) is 14.6. The quantitative estimate of drug-likeness (QED) is 0.568. The molecule has 0 bridgehead atoms. The second-order valence-electron chi connectivity index (χ2n) is 6.03. The standard InChI is InChI=1S/C20H20ClFN4/c1-3-13(2)23-20-25-17(14-7-5-4-6-8-14)12-19(26-20)24-18-11-15(21)9-10-16(18)22/h4-13H,3H2,1-2H3,(H2,23,24,25,26)/t13-/m0/s1. The van der Waals surface area contributed by atoms with Crippen molar-refractivity contribution < 1.29 is 4.39 Å². The molecule has 1 aromatic heterocycles. The fraction of sp³-hybridized carbons (Fsp3) is 0.200. The van der Waals surface area contributed by atoms with E-state index in [2.05, 4.69) is 34.4 Å². The van der Waals surface area contributed by atoms with Crippen LogP contribution >= 0.6 is 11.6 Å². The van der Waals surface area contributed by atoms with Gasteiger partial charge in [0.1, 0.15) is 11.6 Å². The lowest BCUT2D eigenvalue weighted by atomic mass is 10.1. The molecular formula is C20H20ClFN4. The van der Waals surface area contributed by atoms with E-state index in [9.17, 15) is 4.39 Å². The molecule has 1 atom stereocenters. The Morgan fingerprint density at radius 2 is 1.85 bits per heavy atom. The van der Waals surface area contributed by atoms with Gasteiger partial charge in [0.05, 0.1) is 11.4 Å². The summed E-state index contributed by atoms with van der Waals surface area (Å²) >= 11 is 5.98. The van der Waals surface area contributed by atoms with Crippen LogP contribution in [0.25, 0.3) is 11.3 Å². The molecular weight excluding hydrogens is 351 g/mol. The lowest BCUT2D eigenvalue weighted by molar-refractivity contribution is 0.632. The Hall–Kier alpha value is -2.66. The third-order valence-corrected chi connectivity index (χ3v) is 4.21. The van der Waals surface area contributed by atoms with E-state index in [1.165, 1.54) is 18.2 Å². The van der Waals surface area contributed by atoms with Crippen LogP contribution in [-0.2, 0) is 0 Å². The molecule has 4 nitrogen and oxygen atoms in total. The summed E-state index contributed by atoms with van der Waals surface area (Å²) in [6, 6.07) is 16.2. The molecule has 0 spiro atoms. The van der Waals surface area contributed by atoms with Gasteiger partial charge >= 0.3 is 0 Å². The van der Waals surface area contributed by atoms with Gasteiger partial charge in [0.2, 0.25) is 5.95 Å². The average molecular weight is 371 g/mol. The van der Waals surface area contributed by atoms with Crippen LogP contribution < -0.4 is 10.6 Å². The molecule has 0 saturated carbocycles. The summed E-state index contributed by atoms with van der Waals surface area (Å²) in [4.78, 5) is 9.06. The minimum atomic E-state index is -0.397. The first-order chi connectivity index (χ1) is 12.5. The number of hydrogen-bond acceptors (Lipinski definition) is 4. The Labute approximate surface area is 157 Å². The Morgan fingerprint density at radius 1 is 1.08 bits per heavy atom. The lowest BCUT2D eigenvalue weighted by Crippen LogP contribution is -2.16. The molecule has 134 valence electrons. The molecule has 26 heavy (non-hydrogen) atoms. The van der Waals surface area contributed by atoms with Crippen molar-refractivity contribution in [2.45, 2.75) is 26.3 Å². The van der Waals surface area contributed by atoms with Crippen molar-refractivity contribution in [3.05, 3.63) is 65.4 Å². The number of rotatable bonds is 6. The fourth-order valence-electron chi connectivity index (χ4n) is 2.39. The van der Waals surface area contributed by atoms with Crippen LogP contribution in [0.4, 0.5) is 21.8 Å². The van der Waals surface area contributed by atoms with Gasteiger partial charge in [0.25, 0.3) is 0 Å². The number of aromatic nitrogens is 2. The molecule has 0 radical (unpaired) electrons. The van der Waals surface area contributed by atoms with Gasteiger partial charge in [-0.3, -0.25) is 0 Å². The van der Waals surface area contributed by atoms with Crippen molar-refractivity contribution in [2.75, 3.05) is 10.6 Å². The summed E-state index contributed by atoms with van der Waals surface area (Å²) in [5.74, 6) is 0.585. The maximum atomic E-state index is 14.1. The van der Waals surface area contributed by atoms with Crippen LogP contribution in [0, 0.1) is 5.82 Å². The van der Waals surface area contributed by atoms with Crippen LogP contribution in [0.5, 0.6) is 0 Å². The van der Waals surface area contributed by atoms with Crippen molar-refractivity contribution >= 4 is 29.1 Å². The molecule has 6 heteroatoms. The average Bonchev–Trinajstić information content (AvgIpc) is 2.65. The molecule has 2 N–H and O–H groups in total. The summed E-state index contributed by atoms with van der Waals surface area (Å²) in [5, 5.41) is 6.72. The van der Waals surface area contributed by atoms with E-state index in [-0.39, 0.29) is 11.7 Å². The molecule has 0 aliphatic heterocycles. The molecule has 1 heterocycles. The molecule has 0 aliphatic rings. The summed E-state index contributed by atoms with van der Waals surface area (Å²) in [6.45, 7) is 4.14. The molecule has 2 aromatic carbocycles. The Balaban J connectivity index is 2.00. The summed E-state index contributed by atoms with van der Waals surface area (Å²) in [5.41, 5.74) is 1.97. The molecule has 0 unspecified atom stereocenters. The van der Waals surface area contributed by atoms with Crippen LogP contribution in [0.1, 0.15) is 20.3 Å². The summed E-state index contributed by atoms with van der Waals surface area (Å²) < 4.78 is 14.1. The highest BCUT2D eigenvalue weighted by molar-refractivity contribution is 6.30. The second kappa shape index (κ2) is 8.15. The molecule has 0 saturated heterocycles. The Kier molecular flexibility index (Phi) is 5.68. The smallest absolute Gasteiger partial charge is 0.225 e. The lowest BCUT2D eigenvalue weighted by Gasteiger charge is -2.15. The third kappa shape index (κ3) is 4.49. The third-order valence-electron chi connectivity index (χ3n) is 3.97. The summed E-state index contributed by atoms with van der Waals surface area (Å²) in [6.07, 6.45) is 0.935. The van der Waals surface area contributed by atoms with Gasteiger partial charge in [-0.15, -0.1) is 0 Å². The highest BCUT2D eigenvalue weighted by atomic mass is 35.5. The highest BCUT2D eigenvalue weighted by Crippen LogP contribution is 2.26. The maximum absolute atomic E-state index is 14.1. The zero-order chi connectivity index (χ0) is 18.5. The predicted molar refractivity (Wildman–Crippen MR) is 106 cm³/mol. The maximum Gasteiger partial charge on any atom is 0.225 e. The topological polar surface area (TPSA) is 49.8 Å². The fourth-order valence-corrected chi connectivity index (χ4v) is 2.56. The number of benzene rings is 2. The van der Waals surface area contributed by atoms with Gasteiger partial charge in [0.15, 0.2) is 0 Å². The van der Waals surface area contributed by atoms with Crippen LogP contribution in [0.3, 0.4) is 0 Å². The van der Waals surface area contributed by atoms with E-state index in [4.69, 9.17) is 11.6 Å². The first-order valence-corrected chi connectivity index (χ1v) is 8.86. The number of anilines is 3. The van der Waals surface area contributed by atoms with Gasteiger partial charge in [0, 0.05) is 22.7 Å². The number of hydrogen-bond donors (Lipinski definition) is 2. The van der Waals surface area contributed by atoms with E-state index in [1.807, 2.05) is 30.3 Å². The van der Waals surface area contributed by atoms with E-state index in [1.54, 1.807) is 6.07 Å². The van der Waals surface area contributed by atoms with Gasteiger partial charge in [-0.05, 0) is 31.5 Å². The van der Waals surface area contributed by atoms with Crippen LogP contribution in [-0.4, -0.2) is 16.0 Å². The van der Waals surface area contributed by atoms with E-state index in [0.29, 0.717) is 16.8 Å². The van der Waals surface area contributed by atoms with Crippen molar-refractivity contribution in [1.82, 2.24) is 9.97 Å². The molecule has 3 rings (SSSR count). The van der Waals surface area contributed by atoms with Crippen LogP contribution in [0.2, 0.25) is 5.02 Å². The van der Waals surface area contributed by atoms with E-state index < -0.39 is 5.82 Å². The number of halogens is 2. The predicted octanol–water partition coefficient (Wildman–Crippen LogP) is 5.89. The zero-order valence-corrected chi connectivity index (χ0v) is 15.4. The first-order valence-electron chi connectivity index (χ1n) is 8.48. The number of nitrogens with one attached hydrogen (secondary N) is 2. The molecule has 0 fully saturated rings. The van der Waals surface area contributed by atoms with Gasteiger partial charge in [-0.1, -0.05) is 48.9 Å². The molecule has 3 aromatic rings. The monoisotopic (exact) mass is 370 g/mol. The minimum Gasteiger partial charge on any atom is -0.352 e. The Morgan fingerprint density at radius 3 is 2.58 bits per heavy atom. The second-order valence-corrected chi connectivity index (χ2v) is 6.47. The normalized spacial score (nSPS) is 11.8. The van der Waals surface area contributed by atoms with Gasteiger partial charge in [-0.25, -0.2) is 9.37 Å². The first kappa shape index (κ1) is 18.1. The van der Waals surface area contributed by atoms with Crippen molar-refractivity contribution in [3.63, 3.8) is 0 Å². The largest absolute Gasteiger partial charge is 0.352 e. The van der Waals surface area contributed by atoms with Crippen molar-refractivity contribution in [1.29, 1.82) is 0 Å². The van der Waals surface area contributed by atoms with E-state index in [0.717, 1.165) is 17.7 Å². The SMILES string of the molecule is CC[C@H](C)Nc1nc(Nc2cc(Cl)ccc2F)cc(-c2ccccc2)n1. The van der Waals surface area contributed by atoms with E-state index >= 15 is 0 Å². The number of nitrogens with zero attached hydrogens (tertiary/aromatic N) is 2. The Bertz CT molecular complexity index is 886. The van der Waals surface area contributed by atoms with Crippen molar-refractivity contribution in [3.8, 4) is 11.3 Å². The molecule has 0 aliphatic carbocycles. The van der Waals surface area contributed by atoms with Crippen LogP contribution in [0.15, 0.2) is 54.6 Å². The highest BCUT2D eigenvalue weighted by Gasteiger charge is 2.11. The minimum absolute atomic E-state index is 0.219. The molecule has 0 amide bonds. The van der Waals surface area contributed by atoms with Gasteiger partial charge in [-0.2, -0.15) is 4.98 Å². The van der Waals surface area contributed by atoms with Crippen molar-refractivity contribution in [2.24, 2.45) is 0 Å². The summed E-state index contributed by atoms with van der Waals surface area (Å²) in [7, 11) is 0.